The molecule has 2 rings (SSSR count). The molecule has 0 aliphatic rings. The molecule has 0 amide bonds. The highest BCUT2D eigenvalue weighted by Crippen LogP contribution is 1.94. The normalized spacial score (nSPS) is 9.71. The summed E-state index contributed by atoms with van der Waals surface area (Å²) in [7, 11) is 1.92. The first kappa shape index (κ1) is 11.4. The van der Waals surface area contributed by atoms with E-state index in [4.69, 9.17) is 0 Å². The van der Waals surface area contributed by atoms with Gasteiger partial charge in [0.25, 0.3) is 0 Å². The molecule has 4 nitrogen and oxygen atoms in total. The number of aromatic nitrogens is 3. The van der Waals surface area contributed by atoms with Crippen molar-refractivity contribution in [3.8, 4) is 11.8 Å². The van der Waals surface area contributed by atoms with Crippen LogP contribution in [0.15, 0.2) is 36.7 Å². The number of nitrogens with zero attached hydrogens (tertiary/aromatic N) is 3. The topological polar surface area (TPSA) is 42.7 Å². The van der Waals surface area contributed by atoms with Crippen LogP contribution >= 0.6 is 0 Å². The smallest absolute Gasteiger partial charge is 0.146 e. The van der Waals surface area contributed by atoms with Crippen molar-refractivity contribution in [2.75, 3.05) is 6.54 Å². The molecule has 1 heterocycles. The van der Waals surface area contributed by atoms with Gasteiger partial charge >= 0.3 is 0 Å². The van der Waals surface area contributed by atoms with E-state index < -0.39 is 0 Å². The van der Waals surface area contributed by atoms with Crippen LogP contribution in [0, 0.1) is 11.8 Å². The number of aryl methyl sites for hydroxylation is 1. The second kappa shape index (κ2) is 5.83. The Morgan fingerprint density at radius 2 is 2.12 bits per heavy atom. The van der Waals surface area contributed by atoms with E-state index in [0.29, 0.717) is 13.1 Å². The van der Waals surface area contributed by atoms with Gasteiger partial charge in [-0.3, -0.25) is 5.32 Å². The molecule has 0 unspecified atom stereocenters. The highest BCUT2D eigenvalue weighted by molar-refractivity contribution is 5.33. The van der Waals surface area contributed by atoms with Gasteiger partial charge in [-0.25, -0.2) is 0 Å². The molecular formula is C13H14N4. The van der Waals surface area contributed by atoms with Crippen LogP contribution in [0.1, 0.15) is 11.4 Å². The van der Waals surface area contributed by atoms with Crippen molar-refractivity contribution in [3.63, 3.8) is 0 Å². The highest BCUT2D eigenvalue weighted by Gasteiger charge is 1.97. The number of hydrogen-bond donors (Lipinski definition) is 1. The first-order valence-electron chi connectivity index (χ1n) is 5.44. The van der Waals surface area contributed by atoms with E-state index in [9.17, 15) is 0 Å². The monoisotopic (exact) mass is 226 g/mol. The third-order valence-corrected chi connectivity index (χ3v) is 2.31. The molecule has 0 spiro atoms. The molecule has 0 aliphatic heterocycles. The van der Waals surface area contributed by atoms with Gasteiger partial charge in [-0.15, -0.1) is 10.2 Å². The molecule has 2 aromatic rings. The highest BCUT2D eigenvalue weighted by atomic mass is 15.3. The summed E-state index contributed by atoms with van der Waals surface area (Å²) in [6.45, 7) is 1.32. The minimum atomic E-state index is 0.641. The van der Waals surface area contributed by atoms with Gasteiger partial charge < -0.3 is 4.57 Å². The van der Waals surface area contributed by atoms with E-state index in [1.807, 2.05) is 41.9 Å². The van der Waals surface area contributed by atoms with E-state index in [1.165, 1.54) is 0 Å². The van der Waals surface area contributed by atoms with Gasteiger partial charge in [0.2, 0.25) is 0 Å². The van der Waals surface area contributed by atoms with Crippen LogP contribution in [0.5, 0.6) is 0 Å². The summed E-state index contributed by atoms with van der Waals surface area (Å²) in [6, 6.07) is 9.94. The van der Waals surface area contributed by atoms with Crippen molar-refractivity contribution in [3.05, 3.63) is 48.0 Å². The molecule has 0 bridgehead atoms. The Morgan fingerprint density at radius 3 is 2.82 bits per heavy atom. The third kappa shape index (κ3) is 3.44. The zero-order valence-corrected chi connectivity index (χ0v) is 9.72. The number of nitrogens with one attached hydrogen (secondary N) is 1. The van der Waals surface area contributed by atoms with Gasteiger partial charge in [0.15, 0.2) is 0 Å². The zero-order chi connectivity index (χ0) is 11.9. The van der Waals surface area contributed by atoms with E-state index in [1.54, 1.807) is 6.33 Å². The van der Waals surface area contributed by atoms with Crippen LogP contribution in [0.4, 0.5) is 0 Å². The Balaban J connectivity index is 1.78. The molecule has 0 radical (unpaired) electrons. The summed E-state index contributed by atoms with van der Waals surface area (Å²) in [5.74, 6) is 7.06. The number of rotatable bonds is 3. The largest absolute Gasteiger partial charge is 0.320 e. The summed E-state index contributed by atoms with van der Waals surface area (Å²) in [6.07, 6.45) is 1.69. The quantitative estimate of drug-likeness (QED) is 0.626. The molecule has 0 fully saturated rings. The molecule has 0 atom stereocenters. The van der Waals surface area contributed by atoms with Gasteiger partial charge in [-0.1, -0.05) is 30.0 Å². The summed E-state index contributed by atoms with van der Waals surface area (Å²) in [5.41, 5.74) is 1.04. The molecule has 4 heteroatoms. The Kier molecular flexibility index (Phi) is 3.90. The van der Waals surface area contributed by atoms with Gasteiger partial charge in [0.1, 0.15) is 12.2 Å². The molecule has 0 saturated carbocycles. The summed E-state index contributed by atoms with van der Waals surface area (Å²) < 4.78 is 1.89. The van der Waals surface area contributed by atoms with E-state index in [0.717, 1.165) is 11.4 Å². The summed E-state index contributed by atoms with van der Waals surface area (Å²) >= 11 is 0. The van der Waals surface area contributed by atoms with E-state index in [-0.39, 0.29) is 0 Å². The first-order valence-corrected chi connectivity index (χ1v) is 5.44. The lowest BCUT2D eigenvalue weighted by molar-refractivity contribution is 0.683. The van der Waals surface area contributed by atoms with Crippen molar-refractivity contribution >= 4 is 0 Å². The fourth-order valence-electron chi connectivity index (χ4n) is 1.37. The fraction of sp³-hybridized carbons (Fsp3) is 0.231. The Hall–Kier alpha value is -2.12. The lowest BCUT2D eigenvalue weighted by atomic mass is 10.2. The predicted molar refractivity (Wildman–Crippen MR) is 66.0 cm³/mol. The first-order chi connectivity index (χ1) is 8.36. The van der Waals surface area contributed by atoms with Gasteiger partial charge in [0, 0.05) is 12.6 Å². The molecule has 0 aliphatic carbocycles. The van der Waals surface area contributed by atoms with E-state index >= 15 is 0 Å². The molecule has 17 heavy (non-hydrogen) atoms. The lowest BCUT2D eigenvalue weighted by Gasteiger charge is -1.98. The predicted octanol–water partition coefficient (Wildman–Crippen LogP) is 0.956. The number of hydrogen-bond acceptors (Lipinski definition) is 3. The SMILES string of the molecule is Cn1cnnc1CNCC#Cc1ccccc1. The molecule has 1 N–H and O–H groups in total. The van der Waals surface area contributed by atoms with Crippen LogP contribution in [0.25, 0.3) is 0 Å². The van der Waals surface area contributed by atoms with Crippen LogP contribution < -0.4 is 5.32 Å². The molecule has 86 valence electrons. The van der Waals surface area contributed by atoms with Crippen LogP contribution in [0.3, 0.4) is 0 Å². The van der Waals surface area contributed by atoms with Gasteiger partial charge in [-0.05, 0) is 12.1 Å². The lowest BCUT2D eigenvalue weighted by Crippen LogP contribution is -2.16. The van der Waals surface area contributed by atoms with Crippen molar-refractivity contribution in [1.29, 1.82) is 0 Å². The fourth-order valence-corrected chi connectivity index (χ4v) is 1.37. The Morgan fingerprint density at radius 1 is 1.29 bits per heavy atom. The zero-order valence-electron chi connectivity index (χ0n) is 9.72. The Labute approximate surface area is 101 Å². The maximum atomic E-state index is 3.97. The van der Waals surface area contributed by atoms with Crippen LogP contribution in [-0.2, 0) is 13.6 Å². The van der Waals surface area contributed by atoms with Crippen molar-refractivity contribution in [2.24, 2.45) is 7.05 Å². The molecule has 0 saturated heterocycles. The minimum absolute atomic E-state index is 0.641. The minimum Gasteiger partial charge on any atom is -0.320 e. The average Bonchev–Trinajstić information content (AvgIpc) is 2.76. The van der Waals surface area contributed by atoms with Crippen LogP contribution in [0.2, 0.25) is 0 Å². The third-order valence-electron chi connectivity index (χ3n) is 2.31. The van der Waals surface area contributed by atoms with Gasteiger partial charge in [0.05, 0.1) is 13.1 Å². The molecular weight excluding hydrogens is 212 g/mol. The summed E-state index contributed by atoms with van der Waals surface area (Å²) in [4.78, 5) is 0. The average molecular weight is 226 g/mol. The second-order valence-corrected chi connectivity index (χ2v) is 3.63. The maximum Gasteiger partial charge on any atom is 0.146 e. The standard InChI is InChI=1S/C13H14N4/c1-17-11-15-16-13(17)10-14-9-5-8-12-6-3-2-4-7-12/h2-4,6-7,11,14H,9-10H2,1H3. The van der Waals surface area contributed by atoms with Crippen molar-refractivity contribution < 1.29 is 0 Å². The van der Waals surface area contributed by atoms with Crippen molar-refractivity contribution in [2.45, 2.75) is 6.54 Å². The van der Waals surface area contributed by atoms with Gasteiger partial charge in [-0.2, -0.15) is 0 Å². The summed E-state index contributed by atoms with van der Waals surface area (Å²) in [5, 5.41) is 11.0. The van der Waals surface area contributed by atoms with E-state index in [2.05, 4.69) is 27.4 Å². The molecule has 1 aromatic carbocycles. The maximum absolute atomic E-state index is 3.97. The van der Waals surface area contributed by atoms with Crippen LogP contribution in [-0.4, -0.2) is 21.3 Å². The second-order valence-electron chi connectivity index (χ2n) is 3.63. The molecule has 1 aromatic heterocycles. The Bertz CT molecular complexity index is 519. The van der Waals surface area contributed by atoms with Crippen molar-refractivity contribution in [1.82, 2.24) is 20.1 Å². The number of benzene rings is 1.